The molecular weight excluding hydrogens is 492 g/mol. The number of phenols is 1. The number of aromatic nitrogens is 2. The molecule has 2 saturated heterocycles. The van der Waals surface area contributed by atoms with Crippen LogP contribution in [0.2, 0.25) is 0 Å². The molecule has 2 aliphatic rings. The molecule has 5 rings (SSSR count). The smallest absolute Gasteiger partial charge is 0.254 e. The van der Waals surface area contributed by atoms with Gasteiger partial charge >= 0.3 is 0 Å². The summed E-state index contributed by atoms with van der Waals surface area (Å²) >= 11 is 0. The summed E-state index contributed by atoms with van der Waals surface area (Å²) < 4.78 is 31.8. The van der Waals surface area contributed by atoms with Gasteiger partial charge in [0.25, 0.3) is 5.56 Å². The molecule has 0 radical (unpaired) electrons. The number of pyridine rings is 2. The number of carbonyl (C=O) groups excluding carboxylic acids is 1. The fourth-order valence-corrected chi connectivity index (χ4v) is 5.52. The van der Waals surface area contributed by atoms with Crippen LogP contribution in [0.25, 0.3) is 22.3 Å². The van der Waals surface area contributed by atoms with Gasteiger partial charge in [-0.05, 0) is 57.1 Å². The van der Waals surface area contributed by atoms with Gasteiger partial charge in [0, 0.05) is 50.2 Å². The molecule has 1 unspecified atom stereocenters. The summed E-state index contributed by atoms with van der Waals surface area (Å²) in [6.45, 7) is 9.64. The van der Waals surface area contributed by atoms with Gasteiger partial charge in [-0.25, -0.2) is 13.8 Å². The normalized spacial score (nSPS) is 18.3. The van der Waals surface area contributed by atoms with Gasteiger partial charge in [-0.3, -0.25) is 14.2 Å². The third-order valence-electron chi connectivity index (χ3n) is 7.50. The second kappa shape index (κ2) is 10.5. The number of anilines is 1. The maximum atomic E-state index is 15.6. The Morgan fingerprint density at radius 2 is 1.89 bits per heavy atom. The molecule has 1 amide bonds. The van der Waals surface area contributed by atoms with Gasteiger partial charge in [0.2, 0.25) is 5.91 Å². The number of likely N-dealkylation sites (tertiary alicyclic amines) is 1. The van der Waals surface area contributed by atoms with Crippen molar-refractivity contribution in [1.29, 1.82) is 0 Å². The van der Waals surface area contributed by atoms with Gasteiger partial charge in [-0.2, -0.15) is 0 Å². The summed E-state index contributed by atoms with van der Waals surface area (Å²) in [7, 11) is 0. The molecule has 0 bridgehead atoms. The van der Waals surface area contributed by atoms with E-state index in [-0.39, 0.29) is 34.4 Å². The number of benzene rings is 1. The minimum Gasteiger partial charge on any atom is -0.507 e. The lowest BCUT2D eigenvalue weighted by Crippen LogP contribution is -2.53. The number of hydrogen-bond donors (Lipinski definition) is 1. The van der Waals surface area contributed by atoms with Gasteiger partial charge < -0.3 is 19.8 Å². The summed E-state index contributed by atoms with van der Waals surface area (Å²) in [6.07, 6.45) is 3.48. The number of aromatic hydroxyl groups is 1. The van der Waals surface area contributed by atoms with Gasteiger partial charge in [-0.15, -0.1) is 0 Å². The molecule has 1 atom stereocenters. The summed E-state index contributed by atoms with van der Waals surface area (Å²) in [5.41, 5.74) is -0.264. The zero-order valence-corrected chi connectivity index (χ0v) is 21.4. The van der Waals surface area contributed by atoms with Crippen LogP contribution in [0.1, 0.15) is 19.8 Å². The van der Waals surface area contributed by atoms with E-state index >= 15 is 4.39 Å². The number of fused-ring (bicyclic) bond motifs is 1. The molecular formula is C28H31F2N5O3. The number of hydrogen-bond acceptors (Lipinski definition) is 6. The monoisotopic (exact) mass is 523 g/mol. The summed E-state index contributed by atoms with van der Waals surface area (Å²) in [5.74, 6) is -2.22. The van der Waals surface area contributed by atoms with Crippen LogP contribution in [0.3, 0.4) is 0 Å². The number of piperazine rings is 1. The minimum absolute atomic E-state index is 0.158. The molecule has 0 aliphatic carbocycles. The number of rotatable bonds is 6. The van der Waals surface area contributed by atoms with Crippen LogP contribution < -0.4 is 10.5 Å². The van der Waals surface area contributed by atoms with Crippen LogP contribution in [-0.2, 0) is 11.3 Å². The summed E-state index contributed by atoms with van der Waals surface area (Å²) in [5, 5.41) is 10.7. The van der Waals surface area contributed by atoms with Crippen LogP contribution >= 0.6 is 0 Å². The second-order valence-electron chi connectivity index (χ2n) is 9.92. The van der Waals surface area contributed by atoms with E-state index in [1.54, 1.807) is 4.90 Å². The summed E-state index contributed by atoms with van der Waals surface area (Å²) in [4.78, 5) is 36.0. The van der Waals surface area contributed by atoms with Crippen molar-refractivity contribution in [3.05, 3.63) is 65.0 Å². The van der Waals surface area contributed by atoms with Gasteiger partial charge in [0.15, 0.2) is 5.82 Å². The Kier molecular flexibility index (Phi) is 7.16. The Bertz CT molecular complexity index is 1430. The van der Waals surface area contributed by atoms with E-state index in [4.69, 9.17) is 0 Å². The molecule has 3 aromatic rings. The van der Waals surface area contributed by atoms with Crippen LogP contribution in [0, 0.1) is 11.6 Å². The van der Waals surface area contributed by atoms with Crippen LogP contribution in [0.4, 0.5) is 14.5 Å². The van der Waals surface area contributed by atoms with Crippen molar-refractivity contribution in [1.82, 2.24) is 19.4 Å². The standard InChI is InChI=1S/C28H31F2N5O3/c1-3-24(37)33-12-14-34(18(2)17-33)22-16-25(38)35(13-11-32-9-4-5-10-32)28-19(22)15-21(30)27(31-28)26-20(29)7-6-8-23(26)36/h3,6-8,15-16,18,36H,1,4-5,9-14,17H2,2H3. The van der Waals surface area contributed by atoms with Crippen LogP contribution in [0.5, 0.6) is 5.75 Å². The van der Waals surface area contributed by atoms with Crippen molar-refractivity contribution < 1.29 is 18.7 Å². The molecule has 2 aromatic heterocycles. The molecule has 0 saturated carbocycles. The molecule has 0 spiro atoms. The van der Waals surface area contributed by atoms with Crippen molar-refractivity contribution in [3.63, 3.8) is 0 Å². The minimum atomic E-state index is -0.811. The van der Waals surface area contributed by atoms with Crippen LogP contribution in [-0.4, -0.2) is 75.7 Å². The lowest BCUT2D eigenvalue weighted by molar-refractivity contribution is -0.126. The van der Waals surface area contributed by atoms with E-state index < -0.39 is 17.4 Å². The lowest BCUT2D eigenvalue weighted by Gasteiger charge is -2.41. The number of phenolic OH excluding ortho intramolecular Hbond substituents is 1. The maximum Gasteiger partial charge on any atom is 0.254 e. The fourth-order valence-electron chi connectivity index (χ4n) is 5.52. The summed E-state index contributed by atoms with van der Waals surface area (Å²) in [6, 6.07) is 6.33. The highest BCUT2D eigenvalue weighted by Gasteiger charge is 2.29. The zero-order valence-electron chi connectivity index (χ0n) is 21.4. The number of nitrogens with zero attached hydrogens (tertiary/aromatic N) is 5. The molecule has 2 fully saturated rings. The molecule has 4 heterocycles. The van der Waals surface area contributed by atoms with E-state index in [9.17, 15) is 19.1 Å². The van der Waals surface area contributed by atoms with E-state index in [0.717, 1.165) is 32.0 Å². The Morgan fingerprint density at radius 3 is 2.58 bits per heavy atom. The third kappa shape index (κ3) is 4.76. The molecule has 1 aromatic carbocycles. The maximum absolute atomic E-state index is 15.6. The molecule has 38 heavy (non-hydrogen) atoms. The molecule has 200 valence electrons. The fraction of sp³-hybridized carbons (Fsp3) is 0.393. The van der Waals surface area contributed by atoms with Gasteiger partial charge in [-0.1, -0.05) is 12.6 Å². The SMILES string of the molecule is C=CC(=O)N1CCN(c2cc(=O)n(CCN3CCCC3)c3nc(-c4c(O)cccc4F)c(F)cc23)C(C)C1. The molecule has 2 aliphatic heterocycles. The predicted octanol–water partition coefficient (Wildman–Crippen LogP) is 3.37. The number of carbonyl (C=O) groups is 1. The van der Waals surface area contributed by atoms with E-state index in [0.29, 0.717) is 43.8 Å². The average molecular weight is 524 g/mol. The first-order valence-electron chi connectivity index (χ1n) is 12.9. The highest BCUT2D eigenvalue weighted by atomic mass is 19.1. The first kappa shape index (κ1) is 25.8. The van der Waals surface area contributed by atoms with Crippen molar-refractivity contribution in [3.8, 4) is 17.0 Å². The van der Waals surface area contributed by atoms with E-state index in [2.05, 4.69) is 16.5 Å². The lowest BCUT2D eigenvalue weighted by atomic mass is 10.1. The Morgan fingerprint density at radius 1 is 1.13 bits per heavy atom. The first-order chi connectivity index (χ1) is 18.3. The van der Waals surface area contributed by atoms with Crippen molar-refractivity contribution in [2.24, 2.45) is 0 Å². The zero-order chi connectivity index (χ0) is 27.0. The topological polar surface area (TPSA) is 81.9 Å². The van der Waals surface area contributed by atoms with E-state index in [1.807, 2.05) is 11.8 Å². The number of halogens is 2. The Balaban J connectivity index is 1.64. The largest absolute Gasteiger partial charge is 0.507 e. The Hall–Kier alpha value is -3.79. The van der Waals surface area contributed by atoms with Gasteiger partial charge in [0.05, 0.1) is 11.3 Å². The van der Waals surface area contributed by atoms with Crippen molar-refractivity contribution in [2.75, 3.05) is 44.2 Å². The average Bonchev–Trinajstić information content (AvgIpc) is 3.41. The predicted molar refractivity (Wildman–Crippen MR) is 142 cm³/mol. The Labute approximate surface area is 219 Å². The highest BCUT2D eigenvalue weighted by molar-refractivity contribution is 5.92. The first-order valence-corrected chi connectivity index (χ1v) is 12.9. The van der Waals surface area contributed by atoms with Crippen molar-refractivity contribution in [2.45, 2.75) is 32.4 Å². The second-order valence-corrected chi connectivity index (χ2v) is 9.92. The van der Waals surface area contributed by atoms with Crippen molar-refractivity contribution >= 4 is 22.6 Å². The molecule has 8 nitrogen and oxygen atoms in total. The number of amides is 1. The molecule has 10 heteroatoms. The molecule has 1 N–H and O–H groups in total. The van der Waals surface area contributed by atoms with Gasteiger partial charge in [0.1, 0.15) is 22.9 Å². The van der Waals surface area contributed by atoms with E-state index in [1.165, 1.54) is 34.9 Å². The highest BCUT2D eigenvalue weighted by Crippen LogP contribution is 2.36. The quantitative estimate of drug-likeness (QED) is 0.499. The third-order valence-corrected chi connectivity index (χ3v) is 7.50. The van der Waals surface area contributed by atoms with Crippen LogP contribution in [0.15, 0.2) is 47.8 Å².